The van der Waals surface area contributed by atoms with Crippen molar-refractivity contribution < 1.29 is 97.4 Å². The molecule has 2 aromatic rings. The smallest absolute Gasteiger partial charge is 1.00 e. The van der Waals surface area contributed by atoms with Gasteiger partial charge in [0.15, 0.2) is 0 Å². The first kappa shape index (κ1) is 33.9. The molecule has 0 atom stereocenters. The summed E-state index contributed by atoms with van der Waals surface area (Å²) in [5, 5.41) is 0. The molecule has 0 aromatic heterocycles. The average molecular weight is 535 g/mol. The molecule has 2 aromatic carbocycles. The van der Waals surface area contributed by atoms with Gasteiger partial charge in [0.1, 0.15) is 11.5 Å². The summed E-state index contributed by atoms with van der Waals surface area (Å²) in [7, 11) is -8.34. The first-order chi connectivity index (χ1) is 15.2. The van der Waals surface area contributed by atoms with Crippen LogP contribution in [0, 0.1) is 0 Å². The molecular formula is C22H32Na2O8S2. The van der Waals surface area contributed by atoms with Crippen molar-refractivity contribution in [2.45, 2.75) is 61.2 Å². The zero-order valence-electron chi connectivity index (χ0n) is 21.9. The Labute approximate surface area is 249 Å². The molecule has 0 aliphatic rings. The van der Waals surface area contributed by atoms with E-state index in [1.54, 1.807) is 0 Å². The Hall–Kier alpha value is -0.140. The van der Waals surface area contributed by atoms with Crippen LogP contribution in [0.5, 0.6) is 11.5 Å². The molecular weight excluding hydrogens is 502 g/mol. The molecule has 0 saturated carbocycles. The fraction of sp³-hybridized carbons (Fsp3) is 0.455. The summed E-state index contributed by atoms with van der Waals surface area (Å²) in [6, 6.07) is 11.4. The first-order valence-corrected chi connectivity index (χ1v) is 13.4. The molecule has 12 heteroatoms. The van der Waals surface area contributed by atoms with Crippen LogP contribution in [-0.4, -0.2) is 39.2 Å². The molecule has 0 radical (unpaired) electrons. The maximum absolute atomic E-state index is 11.0. The Morgan fingerprint density at radius 1 is 0.529 bits per heavy atom. The Bertz CT molecular complexity index is 951. The number of ether oxygens (including phenoxy) is 2. The van der Waals surface area contributed by atoms with E-state index in [1.807, 2.05) is 0 Å². The summed E-state index contributed by atoms with van der Waals surface area (Å²) in [5.41, 5.74) is 0. The van der Waals surface area contributed by atoms with Gasteiger partial charge >= 0.3 is 59.1 Å². The Balaban J connectivity index is -0.00000272. The number of benzene rings is 2. The fourth-order valence-corrected chi connectivity index (χ4v) is 4.02. The molecule has 0 bridgehead atoms. The van der Waals surface area contributed by atoms with E-state index in [0.717, 1.165) is 51.4 Å². The zero-order chi connectivity index (χ0) is 23.5. The van der Waals surface area contributed by atoms with Gasteiger partial charge in [-0.3, -0.25) is 9.11 Å². The molecule has 34 heavy (non-hydrogen) atoms. The molecule has 0 spiro atoms. The van der Waals surface area contributed by atoms with Gasteiger partial charge < -0.3 is 12.3 Å². The van der Waals surface area contributed by atoms with Crippen LogP contribution in [0.1, 0.15) is 54.2 Å². The van der Waals surface area contributed by atoms with Crippen LogP contribution in [-0.2, 0) is 20.2 Å². The van der Waals surface area contributed by atoms with E-state index in [-0.39, 0.29) is 71.8 Å². The van der Waals surface area contributed by atoms with Crippen molar-refractivity contribution in [3.63, 3.8) is 0 Å². The summed E-state index contributed by atoms with van der Waals surface area (Å²) in [5.74, 6) is 1.16. The Morgan fingerprint density at radius 3 is 1.06 bits per heavy atom. The van der Waals surface area contributed by atoms with Gasteiger partial charge in [-0.15, -0.1) is 0 Å². The van der Waals surface area contributed by atoms with Gasteiger partial charge in [0, 0.05) is 0 Å². The Kier molecular flexibility index (Phi) is 17.3. The van der Waals surface area contributed by atoms with Crippen LogP contribution in [0.15, 0.2) is 58.3 Å². The first-order valence-electron chi connectivity index (χ1n) is 10.6. The van der Waals surface area contributed by atoms with Crippen LogP contribution >= 0.6 is 0 Å². The van der Waals surface area contributed by atoms with Gasteiger partial charge in [-0.1, -0.05) is 38.5 Å². The second-order valence-electron chi connectivity index (χ2n) is 7.42. The minimum absolute atomic E-state index is 0. The van der Waals surface area contributed by atoms with Crippen molar-refractivity contribution in [1.82, 2.24) is 0 Å². The van der Waals surface area contributed by atoms with Crippen LogP contribution in [0.4, 0.5) is 0 Å². The molecule has 0 aliphatic carbocycles. The van der Waals surface area contributed by atoms with Crippen molar-refractivity contribution in [1.29, 1.82) is 0 Å². The van der Waals surface area contributed by atoms with Gasteiger partial charge in [-0.25, -0.2) is 0 Å². The van der Waals surface area contributed by atoms with Crippen molar-refractivity contribution in [3.8, 4) is 11.5 Å². The maximum atomic E-state index is 11.0. The monoisotopic (exact) mass is 534 g/mol. The standard InChI is InChI=1S/C22H30O8S2.2Na.2H/c23-31(24,25)21-13-9-19(10-14-21)29-17-7-5-3-1-2-4-6-8-18-30-20-11-15-22(16-12-20)32(26,27)28;;;;/h9-16H,1-8,17-18H2,(H,23,24,25)(H,26,27,28);;;;/q;2*+1;2*-1. The van der Waals surface area contributed by atoms with E-state index in [4.69, 9.17) is 18.6 Å². The van der Waals surface area contributed by atoms with Crippen LogP contribution in [0.3, 0.4) is 0 Å². The average Bonchev–Trinajstić information content (AvgIpc) is 2.74. The summed E-state index contributed by atoms with van der Waals surface area (Å²) in [4.78, 5) is -0.295. The van der Waals surface area contributed by atoms with Gasteiger partial charge in [0.2, 0.25) is 0 Å². The minimum Gasteiger partial charge on any atom is -1.00 e. The molecule has 0 saturated heterocycles. The quantitative estimate of drug-likeness (QED) is 0.169. The van der Waals surface area contributed by atoms with E-state index >= 15 is 0 Å². The summed E-state index contributed by atoms with van der Waals surface area (Å²) in [6.07, 6.45) is 8.53. The molecule has 2 rings (SSSR count). The van der Waals surface area contributed by atoms with Crippen LogP contribution < -0.4 is 68.6 Å². The van der Waals surface area contributed by atoms with Gasteiger partial charge in [0.25, 0.3) is 20.2 Å². The normalized spacial score (nSPS) is 11.2. The van der Waals surface area contributed by atoms with E-state index in [9.17, 15) is 16.8 Å². The summed E-state index contributed by atoms with van der Waals surface area (Å²) < 4.78 is 73.0. The van der Waals surface area contributed by atoms with Crippen molar-refractivity contribution in [2.24, 2.45) is 0 Å². The Morgan fingerprint density at radius 2 is 0.794 bits per heavy atom. The molecule has 0 aliphatic heterocycles. The molecule has 0 unspecified atom stereocenters. The van der Waals surface area contributed by atoms with Crippen molar-refractivity contribution in [3.05, 3.63) is 48.5 Å². The third-order valence-electron chi connectivity index (χ3n) is 4.82. The number of rotatable bonds is 15. The minimum atomic E-state index is -4.17. The molecule has 2 N–H and O–H groups in total. The molecule has 0 fully saturated rings. The third-order valence-corrected chi connectivity index (χ3v) is 6.56. The van der Waals surface area contributed by atoms with E-state index in [2.05, 4.69) is 0 Å². The largest absolute Gasteiger partial charge is 1.00 e. The third kappa shape index (κ3) is 13.8. The SMILES string of the molecule is O=S(=O)(O)c1ccc(OCCCCCCCCCCOc2ccc(S(=O)(=O)O)cc2)cc1.[H-].[H-].[Na+].[Na+]. The number of unbranched alkanes of at least 4 members (excludes halogenated alkanes) is 7. The topological polar surface area (TPSA) is 127 Å². The second kappa shape index (κ2) is 17.3. The van der Waals surface area contributed by atoms with E-state index in [1.165, 1.54) is 48.5 Å². The van der Waals surface area contributed by atoms with Gasteiger partial charge in [0.05, 0.1) is 23.0 Å². The predicted octanol–water partition coefficient (Wildman–Crippen LogP) is -1.01. The maximum Gasteiger partial charge on any atom is 1.00 e. The van der Waals surface area contributed by atoms with E-state index in [0.29, 0.717) is 24.7 Å². The molecule has 0 amide bonds. The summed E-state index contributed by atoms with van der Waals surface area (Å²) >= 11 is 0. The second-order valence-corrected chi connectivity index (χ2v) is 10.3. The van der Waals surface area contributed by atoms with Crippen LogP contribution in [0.2, 0.25) is 0 Å². The van der Waals surface area contributed by atoms with Gasteiger partial charge in [-0.2, -0.15) is 16.8 Å². The van der Waals surface area contributed by atoms with Crippen molar-refractivity contribution >= 4 is 20.2 Å². The summed E-state index contributed by atoms with van der Waals surface area (Å²) in [6.45, 7) is 1.13. The van der Waals surface area contributed by atoms with Gasteiger partial charge in [-0.05, 0) is 61.4 Å². The number of hydrogen-bond acceptors (Lipinski definition) is 6. The zero-order valence-corrected chi connectivity index (χ0v) is 25.5. The fourth-order valence-electron chi connectivity index (χ4n) is 3.06. The molecule has 182 valence electrons. The number of hydrogen-bond donors (Lipinski definition) is 2. The predicted molar refractivity (Wildman–Crippen MR) is 123 cm³/mol. The van der Waals surface area contributed by atoms with E-state index < -0.39 is 20.2 Å². The molecule has 0 heterocycles. The van der Waals surface area contributed by atoms with Crippen LogP contribution in [0.25, 0.3) is 0 Å². The molecule has 8 nitrogen and oxygen atoms in total. The van der Waals surface area contributed by atoms with Crippen molar-refractivity contribution in [2.75, 3.05) is 13.2 Å².